The van der Waals surface area contributed by atoms with Gasteiger partial charge in [0.15, 0.2) is 5.16 Å². The average Bonchev–Trinajstić information content (AvgIpc) is 2.74. The van der Waals surface area contributed by atoms with Crippen molar-refractivity contribution in [1.29, 1.82) is 5.26 Å². The number of aryl methyl sites for hydroxylation is 1. The van der Waals surface area contributed by atoms with Crippen LogP contribution in [-0.4, -0.2) is 26.2 Å². The number of hydrogen-bond donors (Lipinski definition) is 1. The van der Waals surface area contributed by atoms with Crippen LogP contribution < -0.4 is 10.9 Å². The van der Waals surface area contributed by atoms with E-state index in [0.717, 1.165) is 5.56 Å². The first kappa shape index (κ1) is 23.8. The van der Waals surface area contributed by atoms with E-state index in [4.69, 9.17) is 11.6 Å². The summed E-state index contributed by atoms with van der Waals surface area (Å²) in [4.78, 5) is 31.1. The lowest BCUT2D eigenvalue weighted by Crippen LogP contribution is -2.51. The predicted molar refractivity (Wildman–Crippen MR) is 129 cm³/mol. The van der Waals surface area contributed by atoms with E-state index >= 15 is 0 Å². The molecule has 0 saturated carbocycles. The van der Waals surface area contributed by atoms with Gasteiger partial charge < -0.3 is 5.32 Å². The van der Waals surface area contributed by atoms with Gasteiger partial charge in [0, 0.05) is 5.02 Å². The average molecular weight is 469 g/mol. The molecule has 1 aromatic heterocycles. The second kappa shape index (κ2) is 9.35. The molecular formula is C24H25ClN4O2S. The lowest BCUT2D eigenvalue weighted by atomic mass is 9.90. The molecule has 3 rings (SSSR count). The van der Waals surface area contributed by atoms with E-state index in [9.17, 15) is 14.9 Å². The van der Waals surface area contributed by atoms with E-state index in [1.807, 2.05) is 45.0 Å². The minimum absolute atomic E-state index is 0.0697. The van der Waals surface area contributed by atoms with Crippen molar-refractivity contribution in [3.8, 4) is 11.8 Å². The normalized spacial score (nSPS) is 14.1. The largest absolute Gasteiger partial charge is 0.337 e. The molecule has 1 heterocycles. The molecule has 0 fully saturated rings. The zero-order chi connectivity index (χ0) is 23.6. The maximum Gasteiger partial charge on any atom is 0.266 e. The Kier molecular flexibility index (Phi) is 6.97. The van der Waals surface area contributed by atoms with Crippen molar-refractivity contribution in [2.75, 3.05) is 0 Å². The van der Waals surface area contributed by atoms with Crippen molar-refractivity contribution in [2.24, 2.45) is 5.92 Å². The molecule has 32 heavy (non-hydrogen) atoms. The second-order valence-corrected chi connectivity index (χ2v) is 9.95. The standard InChI is InChI=1S/C24H25ClN4O2S/c1-14(2)24(5,13-26)28-21(30)16(4)32-23-27-19-12-17(25)10-11-18(19)22(31)29(23)20-9-7-6-8-15(20)3/h6-12,14,16H,1-5H3,(H,28,30). The number of fused-ring (bicyclic) bond motifs is 1. The molecule has 8 heteroatoms. The van der Waals surface area contributed by atoms with Crippen LogP contribution in [0.1, 0.15) is 33.3 Å². The summed E-state index contributed by atoms with van der Waals surface area (Å²) < 4.78 is 1.53. The maximum atomic E-state index is 13.5. The molecule has 1 amide bonds. The van der Waals surface area contributed by atoms with Crippen LogP contribution in [0.5, 0.6) is 0 Å². The van der Waals surface area contributed by atoms with E-state index < -0.39 is 10.8 Å². The third-order valence-corrected chi connectivity index (χ3v) is 6.87. The first-order valence-electron chi connectivity index (χ1n) is 10.3. The predicted octanol–water partition coefficient (Wildman–Crippen LogP) is 4.88. The Hall–Kier alpha value is -2.82. The number of nitrogens with zero attached hydrogens (tertiary/aromatic N) is 3. The number of rotatable bonds is 6. The lowest BCUT2D eigenvalue weighted by Gasteiger charge is -2.28. The third-order valence-electron chi connectivity index (χ3n) is 5.58. The Labute approximate surface area is 196 Å². The molecule has 2 atom stereocenters. The fourth-order valence-corrected chi connectivity index (χ4v) is 4.20. The number of nitriles is 1. The summed E-state index contributed by atoms with van der Waals surface area (Å²) in [6.07, 6.45) is 0. The summed E-state index contributed by atoms with van der Waals surface area (Å²) in [5.41, 5.74) is 0.833. The van der Waals surface area contributed by atoms with Crippen LogP contribution in [0.2, 0.25) is 5.02 Å². The number of hydrogen-bond acceptors (Lipinski definition) is 5. The zero-order valence-electron chi connectivity index (χ0n) is 18.6. The van der Waals surface area contributed by atoms with Crippen LogP contribution in [0.3, 0.4) is 0 Å². The number of thioether (sulfide) groups is 1. The van der Waals surface area contributed by atoms with E-state index in [-0.39, 0.29) is 17.4 Å². The molecule has 0 spiro atoms. The first-order valence-corrected chi connectivity index (χ1v) is 11.5. The van der Waals surface area contributed by atoms with Crippen LogP contribution in [0.25, 0.3) is 16.6 Å². The van der Waals surface area contributed by atoms with Crippen molar-refractivity contribution in [1.82, 2.24) is 14.9 Å². The summed E-state index contributed by atoms with van der Waals surface area (Å²) in [5, 5.41) is 13.1. The summed E-state index contributed by atoms with van der Waals surface area (Å²) in [5.74, 6) is -0.371. The van der Waals surface area contributed by atoms with Crippen LogP contribution in [0, 0.1) is 24.2 Å². The number of benzene rings is 2. The van der Waals surface area contributed by atoms with Gasteiger partial charge in [-0.15, -0.1) is 0 Å². The SMILES string of the molecule is Cc1ccccc1-n1c(SC(C)C(=O)NC(C)(C#N)C(C)C)nc2cc(Cl)ccc2c1=O. The quantitative estimate of drug-likeness (QED) is 0.411. The van der Waals surface area contributed by atoms with Crippen molar-refractivity contribution in [2.45, 2.75) is 50.6 Å². The van der Waals surface area contributed by atoms with Crippen molar-refractivity contribution >= 4 is 40.2 Å². The zero-order valence-corrected chi connectivity index (χ0v) is 20.2. The van der Waals surface area contributed by atoms with Crippen LogP contribution >= 0.6 is 23.4 Å². The number of para-hydroxylation sites is 1. The number of aromatic nitrogens is 2. The van der Waals surface area contributed by atoms with Crippen LogP contribution in [0.15, 0.2) is 52.4 Å². The summed E-state index contributed by atoms with van der Waals surface area (Å²) in [6, 6.07) is 14.7. The molecule has 0 aliphatic rings. The molecule has 0 saturated heterocycles. The van der Waals surface area contributed by atoms with Gasteiger partial charge in [0.05, 0.1) is 27.9 Å². The molecule has 2 aromatic carbocycles. The van der Waals surface area contributed by atoms with Gasteiger partial charge in [-0.3, -0.25) is 14.2 Å². The van der Waals surface area contributed by atoms with Crippen LogP contribution in [0.4, 0.5) is 0 Å². The maximum absolute atomic E-state index is 13.5. The second-order valence-electron chi connectivity index (χ2n) is 8.20. The van der Waals surface area contributed by atoms with Gasteiger partial charge in [-0.25, -0.2) is 4.98 Å². The molecule has 2 unspecified atom stereocenters. The molecule has 0 radical (unpaired) electrons. The van der Waals surface area contributed by atoms with E-state index in [0.29, 0.717) is 26.8 Å². The summed E-state index contributed by atoms with van der Waals surface area (Å²) >= 11 is 7.30. The van der Waals surface area contributed by atoms with Gasteiger partial charge in [0.1, 0.15) is 5.54 Å². The van der Waals surface area contributed by atoms with Gasteiger partial charge in [0.25, 0.3) is 5.56 Å². The van der Waals surface area contributed by atoms with E-state index in [1.54, 1.807) is 32.0 Å². The van der Waals surface area contributed by atoms with Crippen molar-refractivity contribution in [3.05, 3.63) is 63.4 Å². The van der Waals surface area contributed by atoms with Gasteiger partial charge in [0.2, 0.25) is 5.91 Å². The minimum atomic E-state index is -0.994. The molecule has 0 aliphatic carbocycles. The molecule has 6 nitrogen and oxygen atoms in total. The Morgan fingerprint density at radius 2 is 1.94 bits per heavy atom. The highest BCUT2D eigenvalue weighted by atomic mass is 35.5. The Bertz CT molecular complexity index is 1280. The Morgan fingerprint density at radius 1 is 1.25 bits per heavy atom. The number of halogens is 1. The van der Waals surface area contributed by atoms with Crippen molar-refractivity contribution in [3.63, 3.8) is 0 Å². The third kappa shape index (κ3) is 4.67. The molecule has 0 bridgehead atoms. The highest BCUT2D eigenvalue weighted by Crippen LogP contribution is 2.28. The monoisotopic (exact) mass is 468 g/mol. The molecule has 1 N–H and O–H groups in total. The number of nitrogens with one attached hydrogen (secondary N) is 1. The van der Waals surface area contributed by atoms with Gasteiger partial charge in [-0.05, 0) is 56.5 Å². The van der Waals surface area contributed by atoms with E-state index in [1.165, 1.54) is 16.3 Å². The number of amides is 1. The van der Waals surface area contributed by atoms with E-state index in [2.05, 4.69) is 16.4 Å². The first-order chi connectivity index (χ1) is 15.1. The fraction of sp³-hybridized carbons (Fsp3) is 0.333. The highest BCUT2D eigenvalue weighted by molar-refractivity contribution is 8.00. The smallest absolute Gasteiger partial charge is 0.266 e. The number of carbonyl (C=O) groups excluding carboxylic acids is 1. The molecular weight excluding hydrogens is 444 g/mol. The minimum Gasteiger partial charge on any atom is -0.337 e. The van der Waals surface area contributed by atoms with Crippen LogP contribution in [-0.2, 0) is 4.79 Å². The molecule has 0 aliphatic heterocycles. The fourth-order valence-electron chi connectivity index (χ4n) is 3.11. The van der Waals surface area contributed by atoms with Gasteiger partial charge in [-0.2, -0.15) is 5.26 Å². The van der Waals surface area contributed by atoms with Gasteiger partial charge in [-0.1, -0.05) is 55.4 Å². The topological polar surface area (TPSA) is 87.8 Å². The molecule has 166 valence electrons. The Balaban J connectivity index is 2.10. The number of carbonyl (C=O) groups is 1. The summed E-state index contributed by atoms with van der Waals surface area (Å²) in [7, 11) is 0. The van der Waals surface area contributed by atoms with Gasteiger partial charge >= 0.3 is 0 Å². The molecule has 3 aromatic rings. The lowest BCUT2D eigenvalue weighted by molar-refractivity contribution is -0.121. The van der Waals surface area contributed by atoms with Crippen molar-refractivity contribution < 1.29 is 4.79 Å². The summed E-state index contributed by atoms with van der Waals surface area (Å²) in [6.45, 7) is 9.11. The Morgan fingerprint density at radius 3 is 2.56 bits per heavy atom. The highest BCUT2D eigenvalue weighted by Gasteiger charge is 2.32.